The van der Waals surface area contributed by atoms with Gasteiger partial charge in [0.25, 0.3) is 0 Å². The third kappa shape index (κ3) is 23.9. The van der Waals surface area contributed by atoms with E-state index in [9.17, 15) is 38.7 Å². The molecule has 7 N–H and O–H groups in total. The second kappa shape index (κ2) is 30.7. The van der Waals surface area contributed by atoms with Crippen LogP contribution in [0.3, 0.4) is 0 Å². The molecule has 1 amide bonds. The molecule has 0 bridgehead atoms. The average molecular weight is 780 g/mol. The molecule has 1 aliphatic heterocycles. The maximum absolute atomic E-state index is 13.0. The highest BCUT2D eigenvalue weighted by Gasteiger charge is 2.48. The van der Waals surface area contributed by atoms with Crippen molar-refractivity contribution in [3.8, 4) is 0 Å². The van der Waals surface area contributed by atoms with Crippen molar-refractivity contribution >= 4 is 16.3 Å². The molecule has 1 heterocycles. The van der Waals surface area contributed by atoms with Gasteiger partial charge in [0.1, 0.15) is 30.5 Å². The van der Waals surface area contributed by atoms with E-state index in [2.05, 4.69) is 29.4 Å². The van der Waals surface area contributed by atoms with E-state index in [0.717, 1.165) is 38.5 Å². The number of rotatable bonds is 33. The first-order valence-electron chi connectivity index (χ1n) is 20.3. The quantitative estimate of drug-likeness (QED) is 0.0248. The van der Waals surface area contributed by atoms with E-state index in [1.54, 1.807) is 6.08 Å². The molecule has 1 rings (SSSR count). The lowest BCUT2D eigenvalue weighted by molar-refractivity contribution is -0.298. The Labute approximate surface area is 319 Å². The van der Waals surface area contributed by atoms with Crippen LogP contribution in [0.25, 0.3) is 0 Å². The van der Waals surface area contributed by atoms with Crippen molar-refractivity contribution in [3.63, 3.8) is 0 Å². The smallest absolute Gasteiger partial charge is 0.394 e. The topological polar surface area (TPSA) is 212 Å². The van der Waals surface area contributed by atoms with Crippen LogP contribution in [0.2, 0.25) is 0 Å². The highest BCUT2D eigenvalue weighted by molar-refractivity contribution is 7.80. The molecular weight excluding hydrogens is 706 g/mol. The molecule has 0 aromatic rings. The van der Waals surface area contributed by atoms with Crippen molar-refractivity contribution in [1.82, 2.24) is 5.32 Å². The SMILES string of the molecule is CCC/C=C/CC/C=C/C(O)C(COC1OC(CO)C(O)C(OS(=O)(=O)O)C1O)NC(=O)C(O)CCCCCCCCCCCCCCCCCCC. The highest BCUT2D eigenvalue weighted by Crippen LogP contribution is 2.26. The predicted molar refractivity (Wildman–Crippen MR) is 205 cm³/mol. The van der Waals surface area contributed by atoms with Crippen LogP contribution in [0.15, 0.2) is 24.3 Å². The summed E-state index contributed by atoms with van der Waals surface area (Å²) < 4.78 is 47.1. The molecule has 0 radical (unpaired) electrons. The number of nitrogens with one attached hydrogen (secondary N) is 1. The Hall–Kier alpha value is -1.46. The van der Waals surface area contributed by atoms with E-state index in [4.69, 9.17) is 14.0 Å². The van der Waals surface area contributed by atoms with Gasteiger partial charge >= 0.3 is 10.4 Å². The number of carbonyl (C=O) groups excluding carboxylic acids is 1. The number of aliphatic hydroxyl groups excluding tert-OH is 5. The molecule has 0 spiro atoms. The molecule has 8 unspecified atom stereocenters. The van der Waals surface area contributed by atoms with E-state index in [0.29, 0.717) is 12.8 Å². The first-order chi connectivity index (χ1) is 25.4. The van der Waals surface area contributed by atoms with Crippen LogP contribution < -0.4 is 5.32 Å². The molecule has 0 aliphatic carbocycles. The molecule has 8 atom stereocenters. The Morgan fingerprint density at radius 1 is 0.755 bits per heavy atom. The van der Waals surface area contributed by atoms with Crippen molar-refractivity contribution in [1.29, 1.82) is 0 Å². The van der Waals surface area contributed by atoms with Gasteiger partial charge in [0, 0.05) is 0 Å². The second-order valence-corrected chi connectivity index (χ2v) is 15.4. The second-order valence-electron chi connectivity index (χ2n) is 14.4. The van der Waals surface area contributed by atoms with Crippen LogP contribution in [0.4, 0.5) is 0 Å². The summed E-state index contributed by atoms with van der Waals surface area (Å²) in [6.07, 6.45) is 20.3. The van der Waals surface area contributed by atoms with Crippen molar-refractivity contribution in [2.75, 3.05) is 13.2 Å². The van der Waals surface area contributed by atoms with E-state index < -0.39 is 78.5 Å². The van der Waals surface area contributed by atoms with Crippen molar-refractivity contribution < 1.29 is 57.0 Å². The molecule has 1 aliphatic rings. The fourth-order valence-corrected chi connectivity index (χ4v) is 6.81. The predicted octanol–water partition coefficient (Wildman–Crippen LogP) is 5.57. The molecule has 0 aromatic heterocycles. The molecule has 0 aromatic carbocycles. The Bertz CT molecular complexity index is 1070. The number of amides is 1. The van der Waals surface area contributed by atoms with Gasteiger partial charge in [0.15, 0.2) is 6.29 Å². The third-order valence-corrected chi connectivity index (χ3v) is 10.0. The van der Waals surface area contributed by atoms with Crippen LogP contribution in [-0.2, 0) is 28.9 Å². The Balaban J connectivity index is 2.55. The Morgan fingerprint density at radius 2 is 1.26 bits per heavy atom. The zero-order valence-electron chi connectivity index (χ0n) is 32.4. The van der Waals surface area contributed by atoms with Gasteiger partial charge < -0.3 is 40.3 Å². The summed E-state index contributed by atoms with van der Waals surface area (Å²) in [5, 5.41) is 54.7. The lowest BCUT2D eigenvalue weighted by Crippen LogP contribution is -2.61. The standard InChI is InChI=1S/C39H73NO12S/c1-3-5-7-9-11-12-13-14-15-16-17-18-19-20-22-24-26-28-33(43)38(46)40-31(32(42)27-25-23-21-10-8-6-4-2)30-50-39-36(45)37(52-53(47,48)49)35(44)34(29-41)51-39/h8,10,25,27,31-37,39,41-45H,3-7,9,11-24,26,28-30H2,1-2H3,(H,40,46)(H,47,48,49)/b10-8+,27-25+. The number of aliphatic hydroxyl groups is 5. The molecule has 312 valence electrons. The molecule has 53 heavy (non-hydrogen) atoms. The monoisotopic (exact) mass is 779 g/mol. The first kappa shape index (κ1) is 49.6. The zero-order chi connectivity index (χ0) is 39.3. The number of carbonyl (C=O) groups is 1. The van der Waals surface area contributed by atoms with Gasteiger partial charge in [-0.25, -0.2) is 4.18 Å². The van der Waals surface area contributed by atoms with Crippen LogP contribution >= 0.6 is 0 Å². The Morgan fingerprint density at radius 3 is 1.77 bits per heavy atom. The lowest BCUT2D eigenvalue weighted by Gasteiger charge is -2.41. The number of unbranched alkanes of at least 4 members (excludes halogenated alkanes) is 18. The van der Waals surface area contributed by atoms with Gasteiger partial charge in [-0.15, -0.1) is 0 Å². The summed E-state index contributed by atoms with van der Waals surface area (Å²) in [6.45, 7) is 3.05. The van der Waals surface area contributed by atoms with Gasteiger partial charge in [0.05, 0.1) is 25.4 Å². The van der Waals surface area contributed by atoms with Crippen LogP contribution in [-0.4, -0.2) is 107 Å². The lowest BCUT2D eigenvalue weighted by atomic mass is 9.99. The fraction of sp³-hybridized carbons (Fsp3) is 0.872. The molecule has 13 nitrogen and oxygen atoms in total. The molecular formula is C39H73NO12S. The van der Waals surface area contributed by atoms with Gasteiger partial charge in [-0.1, -0.05) is 154 Å². The van der Waals surface area contributed by atoms with E-state index in [-0.39, 0.29) is 6.42 Å². The van der Waals surface area contributed by atoms with Crippen molar-refractivity contribution in [2.24, 2.45) is 0 Å². The van der Waals surface area contributed by atoms with E-state index in [1.165, 1.54) is 89.5 Å². The average Bonchev–Trinajstić information content (AvgIpc) is 3.12. The molecule has 1 fully saturated rings. The van der Waals surface area contributed by atoms with Crippen LogP contribution in [0.5, 0.6) is 0 Å². The van der Waals surface area contributed by atoms with E-state index >= 15 is 0 Å². The number of hydrogen-bond donors (Lipinski definition) is 7. The number of hydrogen-bond acceptors (Lipinski definition) is 11. The summed E-state index contributed by atoms with van der Waals surface area (Å²) in [6, 6.07) is -1.13. The van der Waals surface area contributed by atoms with Crippen LogP contribution in [0, 0.1) is 0 Å². The number of ether oxygens (including phenoxy) is 2. The largest absolute Gasteiger partial charge is 0.397 e. The molecule has 1 saturated heterocycles. The minimum Gasteiger partial charge on any atom is -0.394 e. The summed E-state index contributed by atoms with van der Waals surface area (Å²) in [7, 11) is -5.11. The van der Waals surface area contributed by atoms with Gasteiger partial charge in [-0.2, -0.15) is 8.42 Å². The summed E-state index contributed by atoms with van der Waals surface area (Å²) in [5.74, 6) is -0.716. The summed E-state index contributed by atoms with van der Waals surface area (Å²) >= 11 is 0. The summed E-state index contributed by atoms with van der Waals surface area (Å²) in [5.41, 5.74) is 0. The van der Waals surface area contributed by atoms with Gasteiger partial charge in [-0.3, -0.25) is 9.35 Å². The Kier molecular flexibility index (Phi) is 28.7. The van der Waals surface area contributed by atoms with Crippen LogP contribution in [0.1, 0.15) is 155 Å². The zero-order valence-corrected chi connectivity index (χ0v) is 33.3. The van der Waals surface area contributed by atoms with Crippen molar-refractivity contribution in [2.45, 2.75) is 204 Å². The minimum atomic E-state index is -5.11. The first-order valence-corrected chi connectivity index (χ1v) is 21.7. The normalized spacial score (nSPS) is 22.8. The summed E-state index contributed by atoms with van der Waals surface area (Å²) in [4.78, 5) is 13.0. The van der Waals surface area contributed by atoms with Gasteiger partial charge in [0.2, 0.25) is 5.91 Å². The fourth-order valence-electron chi connectivity index (χ4n) is 6.31. The third-order valence-electron chi connectivity index (χ3n) is 9.57. The maximum Gasteiger partial charge on any atom is 0.397 e. The highest BCUT2D eigenvalue weighted by atomic mass is 32.3. The van der Waals surface area contributed by atoms with Crippen molar-refractivity contribution in [3.05, 3.63) is 24.3 Å². The molecule has 14 heteroatoms. The number of allylic oxidation sites excluding steroid dienone is 3. The minimum absolute atomic E-state index is 0.239. The maximum atomic E-state index is 13.0. The van der Waals surface area contributed by atoms with E-state index in [1.807, 2.05) is 6.08 Å². The van der Waals surface area contributed by atoms with Gasteiger partial charge in [-0.05, 0) is 25.7 Å². The molecule has 0 saturated carbocycles.